The van der Waals surface area contributed by atoms with Gasteiger partial charge in [0.1, 0.15) is 11.5 Å². The fourth-order valence-electron chi connectivity index (χ4n) is 1.51. The van der Waals surface area contributed by atoms with Crippen LogP contribution in [0.4, 0.5) is 0 Å². The molecule has 0 bridgehead atoms. The standard InChI is InChI=1S/C13H19NO4/c1-9(13(15)16)7-14-8-10-4-5-11(17-2)6-12(10)18-3/h4-6,9,14H,7-8H2,1-3H3,(H,15,16). The Morgan fingerprint density at radius 3 is 2.67 bits per heavy atom. The Hall–Kier alpha value is -1.75. The summed E-state index contributed by atoms with van der Waals surface area (Å²) >= 11 is 0. The first-order valence-corrected chi connectivity index (χ1v) is 5.73. The maximum atomic E-state index is 10.7. The predicted molar refractivity (Wildman–Crippen MR) is 68.1 cm³/mol. The van der Waals surface area contributed by atoms with E-state index in [0.717, 1.165) is 17.1 Å². The third kappa shape index (κ3) is 3.92. The molecule has 0 aliphatic carbocycles. The summed E-state index contributed by atoms with van der Waals surface area (Å²) in [6.07, 6.45) is 0. The lowest BCUT2D eigenvalue weighted by Gasteiger charge is -2.12. The van der Waals surface area contributed by atoms with E-state index in [0.29, 0.717) is 13.1 Å². The van der Waals surface area contributed by atoms with E-state index in [9.17, 15) is 4.79 Å². The van der Waals surface area contributed by atoms with E-state index in [4.69, 9.17) is 14.6 Å². The maximum Gasteiger partial charge on any atom is 0.307 e. The molecule has 1 aromatic rings. The summed E-state index contributed by atoms with van der Waals surface area (Å²) in [5.74, 6) is 0.248. The van der Waals surface area contributed by atoms with Crippen LogP contribution in [0.15, 0.2) is 18.2 Å². The molecule has 1 aromatic carbocycles. The molecular weight excluding hydrogens is 234 g/mol. The van der Waals surface area contributed by atoms with Crippen LogP contribution in [0.3, 0.4) is 0 Å². The molecule has 0 fully saturated rings. The Kier molecular flexibility index (Phi) is 5.45. The fourth-order valence-corrected chi connectivity index (χ4v) is 1.51. The van der Waals surface area contributed by atoms with Crippen molar-refractivity contribution in [1.29, 1.82) is 0 Å². The maximum absolute atomic E-state index is 10.7. The van der Waals surface area contributed by atoms with E-state index in [-0.39, 0.29) is 0 Å². The van der Waals surface area contributed by atoms with Crippen molar-refractivity contribution in [3.8, 4) is 11.5 Å². The van der Waals surface area contributed by atoms with Crippen LogP contribution < -0.4 is 14.8 Å². The molecule has 0 saturated heterocycles. The first-order chi connectivity index (χ1) is 8.58. The molecule has 0 spiro atoms. The van der Waals surface area contributed by atoms with Gasteiger partial charge in [-0.25, -0.2) is 0 Å². The molecule has 0 aliphatic heterocycles. The molecule has 100 valence electrons. The van der Waals surface area contributed by atoms with Crippen molar-refractivity contribution in [3.63, 3.8) is 0 Å². The van der Waals surface area contributed by atoms with Gasteiger partial charge in [-0.2, -0.15) is 0 Å². The zero-order valence-electron chi connectivity index (χ0n) is 10.9. The Labute approximate surface area is 107 Å². The average Bonchev–Trinajstić information content (AvgIpc) is 2.38. The Morgan fingerprint density at radius 1 is 1.39 bits per heavy atom. The van der Waals surface area contributed by atoms with E-state index < -0.39 is 11.9 Å². The quantitative estimate of drug-likeness (QED) is 0.771. The third-order valence-electron chi connectivity index (χ3n) is 2.68. The van der Waals surface area contributed by atoms with Gasteiger partial charge < -0.3 is 19.9 Å². The first-order valence-electron chi connectivity index (χ1n) is 5.73. The van der Waals surface area contributed by atoms with Gasteiger partial charge in [0.2, 0.25) is 0 Å². The highest BCUT2D eigenvalue weighted by atomic mass is 16.5. The Bertz CT molecular complexity index is 406. The number of carbonyl (C=O) groups is 1. The Balaban J connectivity index is 2.59. The van der Waals surface area contributed by atoms with Gasteiger partial charge in [0.15, 0.2) is 0 Å². The van der Waals surface area contributed by atoms with Crippen LogP contribution in [0.1, 0.15) is 12.5 Å². The average molecular weight is 253 g/mol. The van der Waals surface area contributed by atoms with Crippen LogP contribution in [-0.2, 0) is 11.3 Å². The molecule has 0 aliphatic rings. The number of benzene rings is 1. The summed E-state index contributed by atoms with van der Waals surface area (Å²) in [5, 5.41) is 11.9. The van der Waals surface area contributed by atoms with Crippen LogP contribution in [0.5, 0.6) is 11.5 Å². The normalized spacial score (nSPS) is 11.9. The van der Waals surface area contributed by atoms with Gasteiger partial charge in [-0.15, -0.1) is 0 Å². The van der Waals surface area contributed by atoms with Crippen LogP contribution in [0.25, 0.3) is 0 Å². The van der Waals surface area contributed by atoms with E-state index >= 15 is 0 Å². The number of carboxylic acids is 1. The molecule has 0 aromatic heterocycles. The second-order valence-corrected chi connectivity index (χ2v) is 4.05. The third-order valence-corrected chi connectivity index (χ3v) is 2.68. The molecule has 5 nitrogen and oxygen atoms in total. The minimum Gasteiger partial charge on any atom is -0.497 e. The van der Waals surface area contributed by atoms with Crippen molar-refractivity contribution >= 4 is 5.97 Å². The number of aliphatic carboxylic acids is 1. The van der Waals surface area contributed by atoms with E-state index in [2.05, 4.69) is 5.32 Å². The fraction of sp³-hybridized carbons (Fsp3) is 0.462. The number of nitrogens with one attached hydrogen (secondary N) is 1. The minimum absolute atomic E-state index is 0.408. The largest absolute Gasteiger partial charge is 0.497 e. The number of hydrogen-bond acceptors (Lipinski definition) is 4. The smallest absolute Gasteiger partial charge is 0.307 e. The molecule has 0 radical (unpaired) electrons. The van der Waals surface area contributed by atoms with Crippen molar-refractivity contribution in [2.75, 3.05) is 20.8 Å². The number of methoxy groups -OCH3 is 2. The molecule has 0 saturated carbocycles. The monoisotopic (exact) mass is 253 g/mol. The minimum atomic E-state index is -0.802. The molecule has 2 N–H and O–H groups in total. The zero-order chi connectivity index (χ0) is 13.5. The SMILES string of the molecule is COc1ccc(CNCC(C)C(=O)O)c(OC)c1. The van der Waals surface area contributed by atoms with Crippen molar-refractivity contribution in [2.45, 2.75) is 13.5 Å². The summed E-state index contributed by atoms with van der Waals surface area (Å²) in [4.78, 5) is 10.7. The van der Waals surface area contributed by atoms with Crippen molar-refractivity contribution in [1.82, 2.24) is 5.32 Å². The molecule has 5 heteroatoms. The highest BCUT2D eigenvalue weighted by Gasteiger charge is 2.10. The second kappa shape index (κ2) is 6.86. The van der Waals surface area contributed by atoms with Crippen molar-refractivity contribution in [2.24, 2.45) is 5.92 Å². The van der Waals surface area contributed by atoms with Crippen LogP contribution in [-0.4, -0.2) is 31.8 Å². The van der Waals surface area contributed by atoms with Crippen LogP contribution in [0.2, 0.25) is 0 Å². The van der Waals surface area contributed by atoms with Gasteiger partial charge in [-0.05, 0) is 6.07 Å². The highest BCUT2D eigenvalue weighted by molar-refractivity contribution is 5.69. The lowest BCUT2D eigenvalue weighted by Crippen LogP contribution is -2.26. The van der Waals surface area contributed by atoms with Crippen molar-refractivity contribution < 1.29 is 19.4 Å². The van der Waals surface area contributed by atoms with Gasteiger partial charge in [-0.3, -0.25) is 4.79 Å². The second-order valence-electron chi connectivity index (χ2n) is 4.05. The molecule has 1 atom stereocenters. The highest BCUT2D eigenvalue weighted by Crippen LogP contribution is 2.24. The van der Waals surface area contributed by atoms with Crippen molar-refractivity contribution in [3.05, 3.63) is 23.8 Å². The molecule has 0 heterocycles. The van der Waals surface area contributed by atoms with Gasteiger partial charge >= 0.3 is 5.97 Å². The molecular formula is C13H19NO4. The zero-order valence-corrected chi connectivity index (χ0v) is 10.9. The lowest BCUT2D eigenvalue weighted by molar-refractivity contribution is -0.140. The van der Waals surface area contributed by atoms with Gasteiger partial charge in [0.05, 0.1) is 20.1 Å². The lowest BCUT2D eigenvalue weighted by atomic mass is 10.1. The molecule has 0 amide bonds. The summed E-state index contributed by atoms with van der Waals surface area (Å²) in [7, 11) is 3.19. The Morgan fingerprint density at radius 2 is 2.11 bits per heavy atom. The number of rotatable bonds is 7. The number of carboxylic acid groups (broad SMARTS) is 1. The van der Waals surface area contributed by atoms with Gasteiger partial charge in [0.25, 0.3) is 0 Å². The van der Waals surface area contributed by atoms with E-state index in [1.165, 1.54) is 0 Å². The summed E-state index contributed by atoms with van der Waals surface area (Å²) < 4.78 is 10.4. The predicted octanol–water partition coefficient (Wildman–Crippen LogP) is 1.51. The summed E-state index contributed by atoms with van der Waals surface area (Å²) in [5.41, 5.74) is 0.968. The van der Waals surface area contributed by atoms with Crippen LogP contribution in [0, 0.1) is 5.92 Å². The van der Waals surface area contributed by atoms with Crippen LogP contribution >= 0.6 is 0 Å². The number of hydrogen-bond donors (Lipinski definition) is 2. The van der Waals surface area contributed by atoms with E-state index in [1.54, 1.807) is 27.2 Å². The number of ether oxygens (including phenoxy) is 2. The van der Waals surface area contributed by atoms with Gasteiger partial charge in [-0.1, -0.05) is 13.0 Å². The summed E-state index contributed by atoms with van der Waals surface area (Å²) in [6.45, 7) is 2.65. The molecule has 18 heavy (non-hydrogen) atoms. The summed E-state index contributed by atoms with van der Waals surface area (Å²) in [6, 6.07) is 5.55. The topological polar surface area (TPSA) is 67.8 Å². The molecule has 1 rings (SSSR count). The van der Waals surface area contributed by atoms with Gasteiger partial charge in [0, 0.05) is 24.7 Å². The first kappa shape index (κ1) is 14.3. The molecule has 1 unspecified atom stereocenters. The van der Waals surface area contributed by atoms with E-state index in [1.807, 2.05) is 12.1 Å².